The number of ether oxygens (including phenoxy) is 14. The van der Waals surface area contributed by atoms with E-state index < -0.39 is 167 Å². The highest BCUT2D eigenvalue weighted by Crippen LogP contribution is 2.28. The molecule has 0 rings (SSSR count). The van der Waals surface area contributed by atoms with Crippen LogP contribution < -0.4 is 10.6 Å². The van der Waals surface area contributed by atoms with E-state index in [1.165, 1.54) is 6.08 Å². The lowest BCUT2D eigenvalue weighted by Gasteiger charge is -2.36. The van der Waals surface area contributed by atoms with E-state index in [0.717, 1.165) is 54.7 Å². The zero-order chi connectivity index (χ0) is 64.0. The summed E-state index contributed by atoms with van der Waals surface area (Å²) >= 11 is 0. The van der Waals surface area contributed by atoms with Gasteiger partial charge in [0.2, 0.25) is 0 Å². The lowest BCUT2D eigenvalue weighted by Crippen LogP contribution is -2.47. The number of carbonyl (C=O) groups excluding carboxylic acids is 9. The van der Waals surface area contributed by atoms with Gasteiger partial charge in [0.25, 0.3) is 0 Å². The van der Waals surface area contributed by atoms with Crippen LogP contribution in [0.4, 0.5) is 9.59 Å². The lowest BCUT2D eigenvalue weighted by atomic mass is 9.90. The number of hydrogen-bond acceptors (Lipinski definition) is 25. The molecule has 0 aliphatic rings. The fourth-order valence-electron chi connectivity index (χ4n) is 6.49. The molecular weight excluding hydrogens is 1120 g/mol. The maximum Gasteiger partial charge on any atom is 0.407 e. The monoisotopic (exact) mass is 1210 g/mol. The van der Waals surface area contributed by atoms with Gasteiger partial charge in [-0.25, -0.2) is 43.2 Å². The summed E-state index contributed by atoms with van der Waals surface area (Å²) in [4.78, 5) is 112. The van der Waals surface area contributed by atoms with Gasteiger partial charge in [-0.05, 0) is 25.0 Å². The van der Waals surface area contributed by atoms with Gasteiger partial charge in [-0.1, -0.05) is 78.1 Å². The molecule has 2 unspecified atom stereocenters. The van der Waals surface area contributed by atoms with Gasteiger partial charge in [-0.2, -0.15) is 0 Å². The molecule has 0 fully saturated rings. The summed E-state index contributed by atoms with van der Waals surface area (Å²) in [5, 5.41) is 25.4. The number of aliphatic hydroxyl groups excluding tert-OH is 2. The van der Waals surface area contributed by atoms with Gasteiger partial charge in [0.15, 0.2) is 12.6 Å². The fourth-order valence-corrected chi connectivity index (χ4v) is 6.49. The normalized spacial score (nSPS) is 12.4. The third-order valence-electron chi connectivity index (χ3n) is 11.3. The number of amides is 2. The summed E-state index contributed by atoms with van der Waals surface area (Å²) in [6, 6.07) is 0. The standard InChI is InChI=1S/C58H82N2O25/c1-11-27-72-28-55(33-75-44(61)12-2,34-76-45(62)13-3)29-73-31-57(38-80-49(66)17-7,39-81-50(67)18-8)42-84-53(70)59-25-23-21-22-24-26-60-54(71)85-43-58(40-82-51(68)19-9,41-83-52(69)20-10)32-74-30-56(35-77-46(63)14-4,36-78-47(64)15-5)37-79-48(65)16-6/h11-20,44,46,61,63H,1-10,21-43H2,(H,59,70)(H,60,71)/t44-,46?,55?/m0/s1. The third kappa shape index (κ3) is 35.0. The van der Waals surface area contributed by atoms with Crippen LogP contribution >= 0.6 is 0 Å². The summed E-state index contributed by atoms with van der Waals surface area (Å²) in [7, 11) is 0. The van der Waals surface area contributed by atoms with Crippen molar-refractivity contribution in [3.05, 3.63) is 127 Å². The third-order valence-corrected chi connectivity index (χ3v) is 11.3. The molecule has 3 atom stereocenters. The molecule has 27 nitrogen and oxygen atoms in total. The highest BCUT2D eigenvalue weighted by Gasteiger charge is 2.42. The van der Waals surface area contributed by atoms with Crippen molar-refractivity contribution in [2.24, 2.45) is 21.7 Å². The van der Waals surface area contributed by atoms with Crippen LogP contribution in [-0.4, -0.2) is 202 Å². The molecular formula is C58H82N2O25. The molecule has 0 radical (unpaired) electrons. The Morgan fingerprint density at radius 2 is 0.565 bits per heavy atom. The number of nitrogens with one attached hydrogen (secondary N) is 2. The van der Waals surface area contributed by atoms with E-state index in [4.69, 9.17) is 66.3 Å². The quantitative estimate of drug-likeness (QED) is 0.0169. The molecule has 0 aromatic carbocycles. The van der Waals surface area contributed by atoms with Crippen LogP contribution in [0.25, 0.3) is 0 Å². The molecule has 85 heavy (non-hydrogen) atoms. The Morgan fingerprint density at radius 1 is 0.329 bits per heavy atom. The predicted octanol–water partition coefficient (Wildman–Crippen LogP) is 3.33. The minimum atomic E-state index is -1.64. The van der Waals surface area contributed by atoms with Crippen LogP contribution in [0, 0.1) is 21.7 Å². The highest BCUT2D eigenvalue weighted by atomic mass is 16.6. The average Bonchev–Trinajstić information content (AvgIpc) is 3.50. The maximum absolute atomic E-state index is 13.1. The Hall–Kier alpha value is -8.05. The molecule has 2 amide bonds. The summed E-state index contributed by atoms with van der Waals surface area (Å²) < 4.78 is 77.0. The molecule has 0 aromatic heterocycles. The Bertz CT molecular complexity index is 2170. The highest BCUT2D eigenvalue weighted by molar-refractivity contribution is 5.83. The molecule has 27 heteroatoms. The van der Waals surface area contributed by atoms with Crippen LogP contribution in [0.1, 0.15) is 25.7 Å². The predicted molar refractivity (Wildman–Crippen MR) is 302 cm³/mol. The average molecular weight is 1210 g/mol. The van der Waals surface area contributed by atoms with Crippen molar-refractivity contribution < 1.29 is 120 Å². The van der Waals surface area contributed by atoms with E-state index in [1.54, 1.807) is 0 Å². The van der Waals surface area contributed by atoms with E-state index in [0.29, 0.717) is 25.7 Å². The van der Waals surface area contributed by atoms with Gasteiger partial charge in [0.1, 0.15) is 59.5 Å². The Morgan fingerprint density at radius 3 is 0.812 bits per heavy atom. The van der Waals surface area contributed by atoms with Crippen LogP contribution in [0.15, 0.2) is 127 Å². The van der Waals surface area contributed by atoms with Crippen LogP contribution in [-0.2, 0) is 99.9 Å². The van der Waals surface area contributed by atoms with Crippen molar-refractivity contribution in [3.63, 3.8) is 0 Å². The number of rotatable bonds is 52. The Labute approximate surface area is 494 Å². The first-order valence-electron chi connectivity index (χ1n) is 26.1. The summed E-state index contributed by atoms with van der Waals surface area (Å²) in [5.41, 5.74) is -6.06. The number of unbranched alkanes of at least 4 members (excludes halogenated alkanes) is 3. The smallest absolute Gasteiger partial charge is 0.407 e. The zero-order valence-electron chi connectivity index (χ0n) is 48.0. The summed E-state index contributed by atoms with van der Waals surface area (Å²) in [6.45, 7) is 27.0. The largest absolute Gasteiger partial charge is 0.462 e. The van der Waals surface area contributed by atoms with Crippen molar-refractivity contribution in [1.29, 1.82) is 0 Å². The molecule has 0 aliphatic carbocycles. The zero-order valence-corrected chi connectivity index (χ0v) is 48.0. The lowest BCUT2D eigenvalue weighted by molar-refractivity contribution is -0.174. The van der Waals surface area contributed by atoms with E-state index in [2.05, 4.69) is 76.4 Å². The second kappa shape index (κ2) is 44.5. The summed E-state index contributed by atoms with van der Waals surface area (Å²) in [5.74, 6) is -6.06. The Kier molecular flexibility index (Phi) is 40.3. The molecule has 0 saturated carbocycles. The SMILES string of the molecule is C=CCOCC(COCC(COC(=O)C=C)(COC(=O)C=C)COC(=O)NCCCCCCNC(=O)OCC(COCC(COC(=O)C=C)(COC(=O)C=C)COC(O)C=C)(COC(=O)C=C)COC(=O)C=C)(COC(=O)C=C)CO[C@H](O)C=C. The van der Waals surface area contributed by atoms with Gasteiger partial charge < -0.3 is 87.2 Å². The minimum Gasteiger partial charge on any atom is -0.462 e. The number of alkyl carbamates (subject to hydrolysis) is 2. The van der Waals surface area contributed by atoms with E-state index >= 15 is 0 Å². The molecule has 4 N–H and O–H groups in total. The topological polar surface area (TPSA) is 347 Å². The second-order valence-electron chi connectivity index (χ2n) is 18.8. The maximum atomic E-state index is 13.1. The number of aliphatic hydroxyl groups is 2. The first kappa shape index (κ1) is 77.0. The van der Waals surface area contributed by atoms with Crippen molar-refractivity contribution in [3.8, 4) is 0 Å². The number of carbonyl (C=O) groups is 9. The molecule has 474 valence electrons. The van der Waals surface area contributed by atoms with Gasteiger partial charge in [-0.3, -0.25) is 0 Å². The van der Waals surface area contributed by atoms with Crippen LogP contribution in [0.2, 0.25) is 0 Å². The van der Waals surface area contributed by atoms with E-state index in [1.807, 2.05) is 0 Å². The number of esters is 7. The fraction of sp³-hybridized carbons (Fsp3) is 0.500. The number of hydrogen-bond donors (Lipinski definition) is 4. The van der Waals surface area contributed by atoms with Gasteiger partial charge in [0, 0.05) is 55.6 Å². The minimum absolute atomic E-state index is 0.0628. The Balaban J connectivity index is 6.08. The first-order valence-corrected chi connectivity index (χ1v) is 26.1. The molecule has 0 heterocycles. The van der Waals surface area contributed by atoms with Crippen molar-refractivity contribution in [2.45, 2.75) is 38.3 Å². The van der Waals surface area contributed by atoms with Crippen LogP contribution in [0.3, 0.4) is 0 Å². The molecule has 0 aromatic rings. The van der Waals surface area contributed by atoms with Gasteiger partial charge >= 0.3 is 54.0 Å². The van der Waals surface area contributed by atoms with Crippen molar-refractivity contribution in [1.82, 2.24) is 10.6 Å². The molecule has 0 saturated heterocycles. The van der Waals surface area contributed by atoms with Crippen molar-refractivity contribution >= 4 is 54.0 Å². The summed E-state index contributed by atoms with van der Waals surface area (Å²) in [6.07, 6.45) is 6.96. The molecule has 0 aliphatic heterocycles. The first-order chi connectivity index (χ1) is 40.6. The van der Waals surface area contributed by atoms with Gasteiger partial charge in [-0.15, -0.1) is 6.58 Å². The van der Waals surface area contributed by atoms with Crippen molar-refractivity contribution in [2.75, 3.05) is 125 Å². The second-order valence-corrected chi connectivity index (χ2v) is 18.8. The van der Waals surface area contributed by atoms with Crippen LogP contribution in [0.5, 0.6) is 0 Å². The van der Waals surface area contributed by atoms with E-state index in [9.17, 15) is 53.4 Å². The molecule has 0 bridgehead atoms. The molecule has 0 spiro atoms. The van der Waals surface area contributed by atoms with E-state index in [-0.39, 0.29) is 46.1 Å². The van der Waals surface area contributed by atoms with Gasteiger partial charge in [0.05, 0.1) is 74.5 Å².